The number of ether oxygens (including phenoxy) is 1. The molecule has 1 fully saturated rings. The van der Waals surface area contributed by atoms with Crippen molar-refractivity contribution in [2.45, 2.75) is 26.0 Å². The minimum atomic E-state index is 0.340. The minimum absolute atomic E-state index is 0.340. The molecule has 2 aromatic rings. The van der Waals surface area contributed by atoms with Crippen molar-refractivity contribution in [2.75, 3.05) is 31.6 Å². The van der Waals surface area contributed by atoms with Gasteiger partial charge in [-0.15, -0.1) is 11.3 Å². The molecule has 2 aromatic heterocycles. The SMILES string of the molecule is CCNCc1c(N2CCC(OC)C2)nc2sccn12. The van der Waals surface area contributed by atoms with Crippen molar-refractivity contribution >= 4 is 22.1 Å². The Morgan fingerprint density at radius 1 is 1.58 bits per heavy atom. The van der Waals surface area contributed by atoms with E-state index in [1.165, 1.54) is 5.69 Å². The van der Waals surface area contributed by atoms with E-state index in [9.17, 15) is 0 Å². The molecule has 0 bridgehead atoms. The molecule has 5 nitrogen and oxygen atoms in total. The molecule has 0 amide bonds. The van der Waals surface area contributed by atoms with Gasteiger partial charge in [0.05, 0.1) is 11.8 Å². The molecule has 3 heterocycles. The summed E-state index contributed by atoms with van der Waals surface area (Å²) in [6.45, 7) is 5.93. The predicted molar refractivity (Wildman–Crippen MR) is 78.1 cm³/mol. The van der Waals surface area contributed by atoms with Crippen LogP contribution in [0.15, 0.2) is 11.6 Å². The first-order chi connectivity index (χ1) is 9.33. The van der Waals surface area contributed by atoms with Gasteiger partial charge in [0.25, 0.3) is 0 Å². The number of nitrogens with zero attached hydrogens (tertiary/aromatic N) is 3. The van der Waals surface area contributed by atoms with Gasteiger partial charge in [-0.1, -0.05) is 6.92 Å². The first-order valence-corrected chi connectivity index (χ1v) is 7.64. The van der Waals surface area contributed by atoms with Gasteiger partial charge in [-0.05, 0) is 13.0 Å². The number of fused-ring (bicyclic) bond motifs is 1. The number of imidazole rings is 1. The largest absolute Gasteiger partial charge is 0.380 e. The number of hydrogen-bond acceptors (Lipinski definition) is 5. The van der Waals surface area contributed by atoms with E-state index >= 15 is 0 Å². The van der Waals surface area contributed by atoms with Crippen molar-refractivity contribution in [1.29, 1.82) is 0 Å². The summed E-state index contributed by atoms with van der Waals surface area (Å²) in [5.74, 6) is 1.12. The average molecular weight is 280 g/mol. The standard InChI is InChI=1S/C13H20N4OS/c1-3-14-8-11-12(15-13-17(11)6-7-19-13)16-5-4-10(9-16)18-2/h6-7,10,14H,3-5,8-9H2,1-2H3. The number of methoxy groups -OCH3 is 1. The molecule has 0 aromatic carbocycles. The fourth-order valence-corrected chi connectivity index (χ4v) is 3.32. The maximum absolute atomic E-state index is 5.45. The molecular formula is C13H20N4OS. The van der Waals surface area contributed by atoms with Crippen LogP contribution in [0.5, 0.6) is 0 Å². The lowest BCUT2D eigenvalue weighted by Gasteiger charge is -2.17. The number of hydrogen-bond donors (Lipinski definition) is 1. The Morgan fingerprint density at radius 3 is 3.21 bits per heavy atom. The van der Waals surface area contributed by atoms with Gasteiger partial charge in [0, 0.05) is 38.3 Å². The lowest BCUT2D eigenvalue weighted by Crippen LogP contribution is -2.25. The van der Waals surface area contributed by atoms with Crippen LogP contribution in [0.1, 0.15) is 19.0 Å². The average Bonchev–Trinajstić information content (AvgIpc) is 3.11. The van der Waals surface area contributed by atoms with Gasteiger partial charge in [-0.25, -0.2) is 4.98 Å². The normalized spacial score (nSPS) is 19.7. The Morgan fingerprint density at radius 2 is 2.47 bits per heavy atom. The Kier molecular flexibility index (Phi) is 3.72. The van der Waals surface area contributed by atoms with E-state index in [2.05, 4.69) is 33.1 Å². The van der Waals surface area contributed by atoms with Gasteiger partial charge >= 0.3 is 0 Å². The van der Waals surface area contributed by atoms with Crippen LogP contribution >= 0.6 is 11.3 Å². The van der Waals surface area contributed by atoms with E-state index < -0.39 is 0 Å². The molecule has 0 spiro atoms. The number of anilines is 1. The molecule has 3 rings (SSSR count). The van der Waals surface area contributed by atoms with Crippen molar-refractivity contribution in [3.63, 3.8) is 0 Å². The van der Waals surface area contributed by atoms with Crippen molar-refractivity contribution in [3.8, 4) is 0 Å². The highest BCUT2D eigenvalue weighted by atomic mass is 32.1. The summed E-state index contributed by atoms with van der Waals surface area (Å²) in [6.07, 6.45) is 3.53. The summed E-state index contributed by atoms with van der Waals surface area (Å²) in [5.41, 5.74) is 1.26. The van der Waals surface area contributed by atoms with Gasteiger partial charge in [0.1, 0.15) is 0 Å². The van der Waals surface area contributed by atoms with Crippen LogP contribution in [0.25, 0.3) is 4.96 Å². The maximum Gasteiger partial charge on any atom is 0.195 e. The van der Waals surface area contributed by atoms with Gasteiger partial charge in [0.15, 0.2) is 10.8 Å². The van der Waals surface area contributed by atoms with Gasteiger partial charge in [-0.3, -0.25) is 4.40 Å². The molecule has 0 radical (unpaired) electrons. The topological polar surface area (TPSA) is 41.8 Å². The number of rotatable bonds is 5. The zero-order chi connectivity index (χ0) is 13.2. The molecule has 104 valence electrons. The van der Waals surface area contributed by atoms with Crippen molar-refractivity contribution in [1.82, 2.24) is 14.7 Å². The molecular weight excluding hydrogens is 260 g/mol. The summed E-state index contributed by atoms with van der Waals surface area (Å²) in [4.78, 5) is 8.21. The molecule has 1 N–H and O–H groups in total. The zero-order valence-corrected chi connectivity index (χ0v) is 12.2. The van der Waals surface area contributed by atoms with Gasteiger partial charge in [-0.2, -0.15) is 0 Å². The third-order valence-electron chi connectivity index (χ3n) is 3.66. The lowest BCUT2D eigenvalue weighted by molar-refractivity contribution is 0.121. The highest BCUT2D eigenvalue weighted by molar-refractivity contribution is 7.15. The first kappa shape index (κ1) is 12.9. The highest BCUT2D eigenvalue weighted by Gasteiger charge is 2.27. The van der Waals surface area contributed by atoms with Crippen LogP contribution < -0.4 is 10.2 Å². The number of thiazole rings is 1. The fraction of sp³-hybridized carbons (Fsp3) is 0.615. The monoisotopic (exact) mass is 280 g/mol. The Hall–Kier alpha value is -1.11. The van der Waals surface area contributed by atoms with Crippen LogP contribution in [0.2, 0.25) is 0 Å². The quantitative estimate of drug-likeness (QED) is 0.906. The molecule has 6 heteroatoms. The molecule has 19 heavy (non-hydrogen) atoms. The lowest BCUT2D eigenvalue weighted by atomic mass is 10.3. The van der Waals surface area contributed by atoms with Crippen molar-refractivity contribution in [3.05, 3.63) is 17.3 Å². The summed E-state index contributed by atoms with van der Waals surface area (Å²) in [7, 11) is 1.79. The third-order valence-corrected chi connectivity index (χ3v) is 4.42. The molecule has 1 aliphatic heterocycles. The Bertz CT molecular complexity index is 550. The molecule has 1 saturated heterocycles. The van der Waals surface area contributed by atoms with E-state index in [-0.39, 0.29) is 0 Å². The fourth-order valence-electron chi connectivity index (χ4n) is 2.60. The van der Waals surface area contributed by atoms with Crippen LogP contribution in [-0.2, 0) is 11.3 Å². The third kappa shape index (κ3) is 2.35. The minimum Gasteiger partial charge on any atom is -0.380 e. The van der Waals surface area contributed by atoms with Crippen LogP contribution in [0.4, 0.5) is 5.82 Å². The van der Waals surface area contributed by atoms with Gasteiger partial charge in [0.2, 0.25) is 0 Å². The van der Waals surface area contributed by atoms with E-state index in [4.69, 9.17) is 9.72 Å². The summed E-state index contributed by atoms with van der Waals surface area (Å²) >= 11 is 1.69. The second-order valence-corrected chi connectivity index (χ2v) is 5.68. The second kappa shape index (κ2) is 5.48. The van der Waals surface area contributed by atoms with E-state index in [1.807, 2.05) is 0 Å². The van der Waals surface area contributed by atoms with E-state index in [0.29, 0.717) is 6.10 Å². The number of nitrogens with one attached hydrogen (secondary N) is 1. The van der Waals surface area contributed by atoms with E-state index in [1.54, 1.807) is 18.4 Å². The molecule has 0 saturated carbocycles. The van der Waals surface area contributed by atoms with Crippen molar-refractivity contribution in [2.24, 2.45) is 0 Å². The summed E-state index contributed by atoms with van der Waals surface area (Å²) < 4.78 is 7.65. The molecule has 1 unspecified atom stereocenters. The van der Waals surface area contributed by atoms with Crippen LogP contribution in [0, 0.1) is 0 Å². The van der Waals surface area contributed by atoms with Crippen molar-refractivity contribution < 1.29 is 4.74 Å². The smallest absolute Gasteiger partial charge is 0.195 e. The van der Waals surface area contributed by atoms with E-state index in [0.717, 1.165) is 43.4 Å². The Labute approximate surface area is 117 Å². The summed E-state index contributed by atoms with van der Waals surface area (Å²) in [6, 6.07) is 0. The highest BCUT2D eigenvalue weighted by Crippen LogP contribution is 2.28. The second-order valence-electron chi connectivity index (χ2n) is 4.81. The Balaban J connectivity index is 1.91. The van der Waals surface area contributed by atoms with Crippen LogP contribution in [-0.4, -0.2) is 42.2 Å². The van der Waals surface area contributed by atoms with Gasteiger partial charge < -0.3 is 15.0 Å². The maximum atomic E-state index is 5.45. The zero-order valence-electron chi connectivity index (χ0n) is 11.4. The van der Waals surface area contributed by atoms with Crippen LogP contribution in [0.3, 0.4) is 0 Å². The molecule has 1 aliphatic rings. The molecule has 0 aliphatic carbocycles. The number of aromatic nitrogens is 2. The predicted octanol–water partition coefficient (Wildman–Crippen LogP) is 1.73. The molecule has 1 atom stereocenters. The first-order valence-electron chi connectivity index (χ1n) is 6.76. The summed E-state index contributed by atoms with van der Waals surface area (Å²) in [5, 5.41) is 5.49.